The Morgan fingerprint density at radius 2 is 1.30 bits per heavy atom. The van der Waals surface area contributed by atoms with Crippen LogP contribution in [0.2, 0.25) is 0 Å². The van der Waals surface area contributed by atoms with E-state index in [0.29, 0.717) is 12.2 Å². The van der Waals surface area contributed by atoms with E-state index < -0.39 is 6.10 Å². The van der Waals surface area contributed by atoms with Gasteiger partial charge in [0.15, 0.2) is 0 Å². The van der Waals surface area contributed by atoms with E-state index >= 15 is 0 Å². The van der Waals surface area contributed by atoms with Crippen LogP contribution in [0.25, 0.3) is 0 Å². The third-order valence-corrected chi connectivity index (χ3v) is 6.89. The van der Waals surface area contributed by atoms with E-state index in [1.807, 2.05) is 6.92 Å². The summed E-state index contributed by atoms with van der Waals surface area (Å²) in [5.74, 6) is 1.47. The number of methoxy groups -OCH3 is 1. The van der Waals surface area contributed by atoms with E-state index in [1.165, 1.54) is 0 Å². The van der Waals surface area contributed by atoms with Crippen LogP contribution in [0.5, 0.6) is 11.5 Å². The molecule has 1 unspecified atom stereocenters. The van der Waals surface area contributed by atoms with Crippen LogP contribution < -0.4 is 9.47 Å². The lowest BCUT2D eigenvalue weighted by molar-refractivity contribution is 0.103. The molecule has 1 atom stereocenters. The average Bonchev–Trinajstić information content (AvgIpc) is 2.60. The van der Waals surface area contributed by atoms with E-state index in [-0.39, 0.29) is 12.0 Å². The lowest BCUT2D eigenvalue weighted by atomic mass is 9.78. The first-order chi connectivity index (χ1) is 12.6. The zero-order valence-electron chi connectivity index (χ0n) is 15.6. The van der Waals surface area contributed by atoms with E-state index in [0.717, 1.165) is 34.8 Å². The Hall–Kier alpha value is -0.0800. The Bertz CT molecular complexity index is 775. The van der Waals surface area contributed by atoms with Crippen molar-refractivity contribution in [3.05, 3.63) is 53.3 Å². The SMILES string of the molecule is CCC(O)COc1c(Br)cc(C(C)(C)c2cc(Br)c(OC)c(Br)c2)cc1Br. The second-order valence-electron chi connectivity index (χ2n) is 6.74. The lowest BCUT2D eigenvalue weighted by Gasteiger charge is -2.28. The highest BCUT2D eigenvalue weighted by molar-refractivity contribution is 9.11. The summed E-state index contributed by atoms with van der Waals surface area (Å²) in [5.41, 5.74) is 1.99. The fourth-order valence-corrected chi connectivity index (χ4v) is 5.56. The number of rotatable bonds is 7. The second-order valence-corrected chi connectivity index (χ2v) is 10.2. The Morgan fingerprint density at radius 3 is 1.67 bits per heavy atom. The van der Waals surface area contributed by atoms with Crippen molar-refractivity contribution in [1.29, 1.82) is 0 Å². The lowest BCUT2D eigenvalue weighted by Crippen LogP contribution is -2.20. The monoisotopic (exact) mass is 626 g/mol. The molecule has 0 saturated carbocycles. The number of aliphatic hydroxyl groups excluding tert-OH is 1. The molecule has 0 bridgehead atoms. The predicted octanol–water partition coefficient (Wildman–Crippen LogP) is 7.22. The zero-order chi connectivity index (χ0) is 20.4. The Kier molecular flexibility index (Phi) is 8.26. The number of hydrogen-bond acceptors (Lipinski definition) is 3. The molecule has 27 heavy (non-hydrogen) atoms. The normalized spacial score (nSPS) is 12.8. The van der Waals surface area contributed by atoms with Gasteiger partial charge in [-0.05, 0) is 106 Å². The summed E-state index contributed by atoms with van der Waals surface area (Å²) in [6.07, 6.45) is 0.176. The molecule has 0 aromatic heterocycles. The van der Waals surface area contributed by atoms with Gasteiger partial charge in [-0.3, -0.25) is 0 Å². The number of hydrogen-bond donors (Lipinski definition) is 1. The molecule has 3 nitrogen and oxygen atoms in total. The third kappa shape index (κ3) is 5.30. The highest BCUT2D eigenvalue weighted by Crippen LogP contribution is 2.43. The van der Waals surface area contributed by atoms with Crippen LogP contribution in [0, 0.1) is 0 Å². The van der Waals surface area contributed by atoms with E-state index in [4.69, 9.17) is 9.47 Å². The van der Waals surface area contributed by atoms with E-state index in [9.17, 15) is 5.11 Å². The highest BCUT2D eigenvalue weighted by atomic mass is 79.9. The topological polar surface area (TPSA) is 38.7 Å². The largest absolute Gasteiger partial charge is 0.494 e. The number of ether oxygens (including phenoxy) is 2. The summed E-state index contributed by atoms with van der Waals surface area (Å²) in [5, 5.41) is 9.75. The summed E-state index contributed by atoms with van der Waals surface area (Å²) in [7, 11) is 1.65. The Balaban J connectivity index is 2.42. The molecule has 148 valence electrons. The fourth-order valence-electron chi connectivity index (χ4n) is 2.64. The standard InChI is InChI=1S/C20H22Br4O3/c1-5-13(25)10-27-19-16(23)8-12(9-17(19)24)20(2,3)11-6-14(21)18(26-4)15(22)7-11/h6-9,13,25H,5,10H2,1-4H3. The van der Waals surface area contributed by atoms with Gasteiger partial charge in [0.1, 0.15) is 18.1 Å². The van der Waals surface area contributed by atoms with Crippen molar-refractivity contribution in [3.8, 4) is 11.5 Å². The molecule has 0 aliphatic carbocycles. The third-order valence-electron chi connectivity index (χ3n) is 4.54. The van der Waals surface area contributed by atoms with Crippen LogP contribution in [0.4, 0.5) is 0 Å². The first-order valence-electron chi connectivity index (χ1n) is 8.45. The predicted molar refractivity (Wildman–Crippen MR) is 124 cm³/mol. The Labute approximate surface area is 194 Å². The van der Waals surface area contributed by atoms with Gasteiger partial charge in [-0.15, -0.1) is 0 Å². The summed E-state index contributed by atoms with van der Waals surface area (Å²) in [6, 6.07) is 8.27. The van der Waals surface area contributed by atoms with Crippen molar-refractivity contribution in [3.63, 3.8) is 0 Å². The van der Waals surface area contributed by atoms with Crippen LogP contribution in [-0.4, -0.2) is 24.9 Å². The van der Waals surface area contributed by atoms with Gasteiger partial charge in [0, 0.05) is 5.41 Å². The molecule has 7 heteroatoms. The number of halogens is 4. The van der Waals surface area contributed by atoms with E-state index in [2.05, 4.69) is 102 Å². The molecular weight excluding hydrogens is 608 g/mol. The van der Waals surface area contributed by atoms with Gasteiger partial charge in [-0.2, -0.15) is 0 Å². The summed E-state index contributed by atoms with van der Waals surface area (Å²) >= 11 is 14.4. The molecule has 1 N–H and O–H groups in total. The molecule has 0 spiro atoms. The number of aliphatic hydroxyl groups is 1. The first-order valence-corrected chi connectivity index (χ1v) is 11.6. The van der Waals surface area contributed by atoms with Crippen molar-refractivity contribution < 1.29 is 14.6 Å². The minimum atomic E-state index is -0.478. The smallest absolute Gasteiger partial charge is 0.147 e. The average molecular weight is 630 g/mol. The molecule has 2 aromatic carbocycles. The van der Waals surface area contributed by atoms with Crippen molar-refractivity contribution in [2.75, 3.05) is 13.7 Å². The first kappa shape index (κ1) is 23.2. The molecule has 0 heterocycles. The quantitative estimate of drug-likeness (QED) is 0.352. The maximum atomic E-state index is 9.75. The summed E-state index contributed by atoms with van der Waals surface area (Å²) < 4.78 is 14.7. The minimum absolute atomic E-state index is 0.259. The number of benzene rings is 2. The van der Waals surface area contributed by atoms with Crippen LogP contribution in [0.3, 0.4) is 0 Å². The van der Waals surface area contributed by atoms with Crippen molar-refractivity contribution in [2.45, 2.75) is 38.7 Å². The van der Waals surface area contributed by atoms with Gasteiger partial charge in [-0.25, -0.2) is 0 Å². The second kappa shape index (κ2) is 9.61. The maximum Gasteiger partial charge on any atom is 0.147 e. The minimum Gasteiger partial charge on any atom is -0.494 e. The highest BCUT2D eigenvalue weighted by Gasteiger charge is 2.27. The molecule has 2 aromatic rings. The molecule has 0 saturated heterocycles. The van der Waals surface area contributed by atoms with Crippen molar-refractivity contribution in [1.82, 2.24) is 0 Å². The molecular formula is C20H22Br4O3. The van der Waals surface area contributed by atoms with Crippen LogP contribution in [0.15, 0.2) is 42.2 Å². The Morgan fingerprint density at radius 1 is 0.889 bits per heavy atom. The maximum absolute atomic E-state index is 9.75. The van der Waals surface area contributed by atoms with Gasteiger partial charge in [0.05, 0.1) is 31.1 Å². The van der Waals surface area contributed by atoms with Crippen LogP contribution in [-0.2, 0) is 5.41 Å². The molecule has 0 aliphatic rings. The zero-order valence-corrected chi connectivity index (χ0v) is 21.9. The summed E-state index contributed by atoms with van der Waals surface area (Å²) in [6.45, 7) is 6.52. The van der Waals surface area contributed by atoms with Gasteiger partial charge in [0.2, 0.25) is 0 Å². The molecule has 2 rings (SSSR count). The summed E-state index contributed by atoms with van der Waals surface area (Å²) in [4.78, 5) is 0. The van der Waals surface area contributed by atoms with E-state index in [1.54, 1.807) is 7.11 Å². The molecule has 0 fully saturated rings. The van der Waals surface area contributed by atoms with Gasteiger partial charge >= 0.3 is 0 Å². The van der Waals surface area contributed by atoms with Crippen LogP contribution in [0.1, 0.15) is 38.3 Å². The molecule has 0 aliphatic heterocycles. The van der Waals surface area contributed by atoms with Crippen molar-refractivity contribution in [2.24, 2.45) is 0 Å². The fraction of sp³-hybridized carbons (Fsp3) is 0.400. The molecule has 0 amide bonds. The van der Waals surface area contributed by atoms with Gasteiger partial charge < -0.3 is 14.6 Å². The van der Waals surface area contributed by atoms with Gasteiger partial charge in [0.25, 0.3) is 0 Å². The van der Waals surface area contributed by atoms with Crippen molar-refractivity contribution >= 4 is 63.7 Å². The van der Waals surface area contributed by atoms with Crippen LogP contribution >= 0.6 is 63.7 Å². The van der Waals surface area contributed by atoms with Gasteiger partial charge in [-0.1, -0.05) is 20.8 Å². The molecule has 0 radical (unpaired) electrons.